The van der Waals surface area contributed by atoms with Gasteiger partial charge in [0.15, 0.2) is 5.69 Å². The number of thiocyanates is 1. The van der Waals surface area contributed by atoms with Gasteiger partial charge in [-0.1, -0.05) is 0 Å². The number of anilines is 2. The number of nitriles is 1. The van der Waals surface area contributed by atoms with E-state index in [0.717, 1.165) is 12.1 Å². The predicted molar refractivity (Wildman–Crippen MR) is 139 cm³/mol. The summed E-state index contributed by atoms with van der Waals surface area (Å²) in [5.74, 6) is -0.0499. The fraction of sp³-hybridized carbons (Fsp3) is 0.364. The number of hydrogen-bond acceptors (Lipinski definition) is 13. The summed E-state index contributed by atoms with van der Waals surface area (Å²) >= 11 is 0.459. The van der Waals surface area contributed by atoms with Gasteiger partial charge >= 0.3 is 5.69 Å². The minimum atomic E-state index is -0.843. The molecule has 0 aromatic heterocycles. The quantitative estimate of drug-likeness (QED) is 0.114. The molecular formula is C22H25N7O8S. The van der Waals surface area contributed by atoms with Crippen LogP contribution in [0.2, 0.25) is 0 Å². The van der Waals surface area contributed by atoms with Gasteiger partial charge in [0.1, 0.15) is 21.7 Å². The van der Waals surface area contributed by atoms with Gasteiger partial charge in [-0.2, -0.15) is 5.26 Å². The van der Waals surface area contributed by atoms with Crippen molar-refractivity contribution >= 4 is 51.8 Å². The number of benzene rings is 2. The second-order valence-corrected chi connectivity index (χ2v) is 8.24. The Kier molecular flexibility index (Phi) is 11.3. The first kappa shape index (κ1) is 29.9. The molecule has 0 aliphatic carbocycles. The van der Waals surface area contributed by atoms with Gasteiger partial charge in [0, 0.05) is 40.3 Å². The zero-order chi connectivity index (χ0) is 28.2. The van der Waals surface area contributed by atoms with E-state index >= 15 is 0 Å². The molecule has 0 unspecified atom stereocenters. The monoisotopic (exact) mass is 547 g/mol. The summed E-state index contributed by atoms with van der Waals surface area (Å²) in [6.07, 6.45) is 0. The maximum Gasteiger partial charge on any atom is 0.303 e. The normalized spacial score (nSPS) is 10.7. The molecule has 2 aromatic carbocycles. The minimum absolute atomic E-state index is 0.0985. The number of carbonyl (C=O) groups excluding carboxylic acids is 1. The van der Waals surface area contributed by atoms with Gasteiger partial charge < -0.3 is 24.4 Å². The second kappa shape index (κ2) is 14.4. The van der Waals surface area contributed by atoms with Gasteiger partial charge in [-0.05, 0) is 23.9 Å². The van der Waals surface area contributed by atoms with Gasteiger partial charge in [-0.3, -0.25) is 25.0 Å². The highest BCUT2D eigenvalue weighted by molar-refractivity contribution is 8.03. The molecule has 15 nitrogen and oxygen atoms in total. The van der Waals surface area contributed by atoms with Gasteiger partial charge in [0.25, 0.3) is 5.69 Å². The topological polar surface area (TPSA) is 195 Å². The maximum absolute atomic E-state index is 11.9. The lowest BCUT2D eigenvalue weighted by Gasteiger charge is -2.27. The zero-order valence-electron chi connectivity index (χ0n) is 21.0. The minimum Gasteiger partial charge on any atom is -0.494 e. The summed E-state index contributed by atoms with van der Waals surface area (Å²) in [4.78, 5) is 35.0. The number of thioether (sulfide) groups is 1. The van der Waals surface area contributed by atoms with E-state index in [1.165, 1.54) is 20.1 Å². The van der Waals surface area contributed by atoms with Crippen molar-refractivity contribution in [3.63, 3.8) is 0 Å². The van der Waals surface area contributed by atoms with E-state index in [9.17, 15) is 25.0 Å². The largest absolute Gasteiger partial charge is 0.494 e. The van der Waals surface area contributed by atoms with E-state index in [1.807, 2.05) is 4.90 Å². The maximum atomic E-state index is 11.9. The Morgan fingerprint density at radius 1 is 1.03 bits per heavy atom. The molecule has 0 atom stereocenters. The number of carbonyl (C=O) groups is 1. The number of ether oxygens (including phenoxy) is 3. The number of rotatable bonds is 14. The van der Waals surface area contributed by atoms with Crippen LogP contribution in [-0.4, -0.2) is 63.4 Å². The summed E-state index contributed by atoms with van der Waals surface area (Å²) in [6, 6.07) is 4.85. The Morgan fingerprint density at radius 3 is 2.13 bits per heavy atom. The van der Waals surface area contributed by atoms with Gasteiger partial charge in [0.05, 0.1) is 47.6 Å². The summed E-state index contributed by atoms with van der Waals surface area (Å²) in [6.45, 7) is 3.05. The van der Waals surface area contributed by atoms with Crippen molar-refractivity contribution < 1.29 is 28.9 Å². The molecule has 38 heavy (non-hydrogen) atoms. The van der Waals surface area contributed by atoms with Crippen molar-refractivity contribution in [3.05, 3.63) is 44.5 Å². The second-order valence-electron chi connectivity index (χ2n) is 7.41. The molecule has 202 valence electrons. The number of nitro groups is 2. The first-order valence-corrected chi connectivity index (χ1v) is 11.6. The molecule has 0 aliphatic rings. The summed E-state index contributed by atoms with van der Waals surface area (Å²) in [5.41, 5.74) is -0.693. The SMILES string of the molecule is COCCN(CCOC)c1cc(NC(C)=O)c(N=Nc2cc(SC#N)c([N+](=O)[O-])cc2[N+](=O)[O-])cc1OC. The Morgan fingerprint density at radius 2 is 1.63 bits per heavy atom. The van der Waals surface area contributed by atoms with Crippen molar-refractivity contribution in [2.75, 3.05) is 57.8 Å². The Bertz CT molecular complexity index is 1260. The third kappa shape index (κ3) is 7.83. The fourth-order valence-electron chi connectivity index (χ4n) is 3.25. The Labute approximate surface area is 221 Å². The number of azo groups is 1. The molecule has 0 saturated carbocycles. The summed E-state index contributed by atoms with van der Waals surface area (Å²) < 4.78 is 15.9. The van der Waals surface area contributed by atoms with Crippen LogP contribution in [0.25, 0.3) is 0 Å². The van der Waals surface area contributed by atoms with Crippen LogP contribution in [0.5, 0.6) is 5.75 Å². The van der Waals surface area contributed by atoms with Crippen molar-refractivity contribution in [3.8, 4) is 11.2 Å². The highest BCUT2D eigenvalue weighted by Crippen LogP contribution is 2.42. The molecule has 0 fully saturated rings. The molecule has 1 N–H and O–H groups in total. The average molecular weight is 548 g/mol. The number of nitrogens with zero attached hydrogens (tertiary/aromatic N) is 6. The molecule has 0 aliphatic heterocycles. The molecular weight excluding hydrogens is 522 g/mol. The lowest BCUT2D eigenvalue weighted by Crippen LogP contribution is -2.31. The first-order valence-electron chi connectivity index (χ1n) is 10.8. The zero-order valence-corrected chi connectivity index (χ0v) is 21.8. The molecule has 0 heterocycles. The lowest BCUT2D eigenvalue weighted by molar-refractivity contribution is -0.395. The highest BCUT2D eigenvalue weighted by Gasteiger charge is 2.25. The molecule has 0 bridgehead atoms. The van der Waals surface area contributed by atoms with Gasteiger partial charge in [0.2, 0.25) is 5.91 Å². The van der Waals surface area contributed by atoms with Crippen molar-refractivity contribution in [2.24, 2.45) is 10.2 Å². The van der Waals surface area contributed by atoms with Crippen molar-refractivity contribution in [2.45, 2.75) is 11.8 Å². The average Bonchev–Trinajstić information content (AvgIpc) is 2.87. The summed E-state index contributed by atoms with van der Waals surface area (Å²) in [7, 11) is 4.57. The third-order valence-electron chi connectivity index (χ3n) is 4.95. The van der Waals surface area contributed by atoms with Gasteiger partial charge in [-0.15, -0.1) is 10.2 Å². The lowest BCUT2D eigenvalue weighted by atomic mass is 10.2. The van der Waals surface area contributed by atoms with Crippen molar-refractivity contribution in [1.29, 1.82) is 5.26 Å². The Hall–Kier alpha value is -4.33. The van der Waals surface area contributed by atoms with Crippen molar-refractivity contribution in [1.82, 2.24) is 0 Å². The van der Waals surface area contributed by atoms with Gasteiger partial charge in [-0.25, -0.2) is 0 Å². The van der Waals surface area contributed by atoms with E-state index in [4.69, 9.17) is 19.5 Å². The van der Waals surface area contributed by atoms with Crippen LogP contribution in [-0.2, 0) is 14.3 Å². The molecule has 2 rings (SSSR count). The smallest absolute Gasteiger partial charge is 0.303 e. The highest BCUT2D eigenvalue weighted by atomic mass is 32.2. The molecule has 0 radical (unpaired) electrons. The van der Waals surface area contributed by atoms with E-state index < -0.39 is 27.1 Å². The van der Waals surface area contributed by atoms with Crippen LogP contribution >= 0.6 is 11.8 Å². The first-order chi connectivity index (χ1) is 18.2. The van der Waals surface area contributed by atoms with Crippen LogP contribution in [0.4, 0.5) is 34.1 Å². The number of amides is 1. The molecule has 1 amide bonds. The van der Waals surface area contributed by atoms with E-state index in [1.54, 1.807) is 25.7 Å². The standard InChI is InChI=1S/C22H25N7O8S/c1-14(30)24-15-9-19(27(5-7-35-2)6-8-36-3)21(37-4)10-16(15)25-26-17-11-22(38-13-23)20(29(33)34)12-18(17)28(31)32/h9-12H,5-8H2,1-4H3,(H,24,30). The van der Waals surface area contributed by atoms with E-state index in [-0.39, 0.29) is 22.0 Å². The van der Waals surface area contributed by atoms with E-state index in [2.05, 4.69) is 15.5 Å². The Balaban J connectivity index is 2.68. The number of nitro benzene ring substituents is 2. The molecule has 2 aromatic rings. The molecule has 16 heteroatoms. The van der Waals surface area contributed by atoms with Crippen LogP contribution in [0.15, 0.2) is 39.4 Å². The molecule has 0 saturated heterocycles. The molecule has 0 spiro atoms. The third-order valence-corrected chi connectivity index (χ3v) is 5.59. The van der Waals surface area contributed by atoms with Crippen LogP contribution < -0.4 is 15.0 Å². The predicted octanol–water partition coefficient (Wildman–Crippen LogP) is 4.56. The number of nitrogens with one attached hydrogen (secondary N) is 1. The summed E-state index contributed by atoms with van der Waals surface area (Å²) in [5, 5.41) is 44.3. The number of hydrogen-bond donors (Lipinski definition) is 1. The van der Waals surface area contributed by atoms with Crippen LogP contribution in [0.3, 0.4) is 0 Å². The van der Waals surface area contributed by atoms with E-state index in [0.29, 0.717) is 49.5 Å². The fourth-order valence-corrected chi connectivity index (χ4v) is 3.76. The number of methoxy groups -OCH3 is 3. The van der Waals surface area contributed by atoms with Crippen LogP contribution in [0.1, 0.15) is 6.92 Å². The van der Waals surface area contributed by atoms with Crippen LogP contribution in [0, 0.1) is 30.9 Å².